The number of rotatable bonds is 3. The Hall–Kier alpha value is -1.24. The molecule has 106 valence electrons. The number of aromatic nitrogens is 1. The van der Waals surface area contributed by atoms with Crippen molar-refractivity contribution in [2.24, 2.45) is 11.7 Å². The van der Waals surface area contributed by atoms with Crippen molar-refractivity contribution in [1.82, 2.24) is 9.88 Å². The van der Waals surface area contributed by atoms with Gasteiger partial charge in [0, 0.05) is 18.5 Å². The molecule has 3 rings (SSSR count). The highest BCUT2D eigenvalue weighted by Crippen LogP contribution is 2.28. The summed E-state index contributed by atoms with van der Waals surface area (Å²) < 4.78 is 0. The highest BCUT2D eigenvalue weighted by molar-refractivity contribution is 7.20. The van der Waals surface area contributed by atoms with E-state index < -0.39 is 0 Å². The molecule has 2 N–H and O–H groups in total. The molecule has 0 unspecified atom stereocenters. The molecule has 2 aromatic rings. The normalized spacial score (nSPS) is 16.6. The van der Waals surface area contributed by atoms with Crippen molar-refractivity contribution in [2.45, 2.75) is 12.8 Å². The van der Waals surface area contributed by atoms with Crippen LogP contribution < -0.4 is 5.73 Å². The molecule has 1 saturated heterocycles. The van der Waals surface area contributed by atoms with Crippen molar-refractivity contribution < 1.29 is 4.79 Å². The number of likely N-dealkylation sites (tertiary alicyclic amines) is 1. The van der Waals surface area contributed by atoms with Gasteiger partial charge in [-0.2, -0.15) is 0 Å². The van der Waals surface area contributed by atoms with E-state index in [1.165, 1.54) is 11.3 Å². The third kappa shape index (κ3) is 2.77. The number of nitrogens with two attached hydrogens (primary N) is 1. The van der Waals surface area contributed by atoms with Crippen molar-refractivity contribution in [3.8, 4) is 9.88 Å². The van der Waals surface area contributed by atoms with Gasteiger partial charge in [0.25, 0.3) is 5.91 Å². The standard InChI is InChI=1S/C14H17N3OS2/c15-8-10-3-5-17(6-4-10)14(18)11-9-20-13(16-11)12-2-1-7-19-12/h1-2,7,9-10H,3-6,8,15H2. The van der Waals surface area contributed by atoms with Gasteiger partial charge in [0.2, 0.25) is 0 Å². The van der Waals surface area contributed by atoms with Crippen LogP contribution in [-0.4, -0.2) is 35.4 Å². The van der Waals surface area contributed by atoms with Crippen LogP contribution in [0.25, 0.3) is 9.88 Å². The number of thiophene rings is 1. The van der Waals surface area contributed by atoms with E-state index in [0.717, 1.165) is 42.4 Å². The molecule has 1 aliphatic heterocycles. The summed E-state index contributed by atoms with van der Waals surface area (Å²) in [4.78, 5) is 19.9. The lowest BCUT2D eigenvalue weighted by Gasteiger charge is -2.30. The molecule has 0 aliphatic carbocycles. The molecule has 0 atom stereocenters. The Bertz CT molecular complexity index is 571. The molecule has 0 saturated carbocycles. The van der Waals surface area contributed by atoms with E-state index in [-0.39, 0.29) is 5.91 Å². The van der Waals surface area contributed by atoms with Crippen LogP contribution >= 0.6 is 22.7 Å². The first-order valence-electron chi connectivity index (χ1n) is 6.76. The maximum absolute atomic E-state index is 12.4. The van der Waals surface area contributed by atoms with Gasteiger partial charge in [0.05, 0.1) is 4.88 Å². The third-order valence-corrected chi connectivity index (χ3v) is 5.57. The summed E-state index contributed by atoms with van der Waals surface area (Å²) in [6.45, 7) is 2.32. The average Bonchev–Trinajstić information content (AvgIpc) is 3.17. The van der Waals surface area contributed by atoms with E-state index in [2.05, 4.69) is 4.98 Å². The number of piperidine rings is 1. The molecule has 2 aromatic heterocycles. The second-order valence-corrected chi connectivity index (χ2v) is 6.79. The van der Waals surface area contributed by atoms with Crippen LogP contribution in [0.1, 0.15) is 23.3 Å². The first kappa shape index (κ1) is 13.7. The van der Waals surface area contributed by atoms with Crippen LogP contribution in [-0.2, 0) is 0 Å². The van der Waals surface area contributed by atoms with Crippen LogP contribution in [0.3, 0.4) is 0 Å². The van der Waals surface area contributed by atoms with Crippen molar-refractivity contribution in [3.05, 3.63) is 28.6 Å². The lowest BCUT2D eigenvalue weighted by molar-refractivity contribution is 0.0688. The maximum Gasteiger partial charge on any atom is 0.273 e. The minimum absolute atomic E-state index is 0.0551. The van der Waals surface area contributed by atoms with Crippen LogP contribution in [0, 0.1) is 5.92 Å². The minimum Gasteiger partial charge on any atom is -0.337 e. The molecule has 1 fully saturated rings. The molecule has 0 radical (unpaired) electrons. The molecule has 0 aromatic carbocycles. The fourth-order valence-electron chi connectivity index (χ4n) is 2.42. The van der Waals surface area contributed by atoms with Crippen molar-refractivity contribution in [3.63, 3.8) is 0 Å². The monoisotopic (exact) mass is 307 g/mol. The van der Waals surface area contributed by atoms with Crippen LogP contribution in [0.5, 0.6) is 0 Å². The summed E-state index contributed by atoms with van der Waals surface area (Å²) in [6, 6.07) is 4.03. The Morgan fingerprint density at radius 1 is 1.40 bits per heavy atom. The fraction of sp³-hybridized carbons (Fsp3) is 0.429. The predicted octanol–water partition coefficient (Wildman–Crippen LogP) is 2.68. The average molecular weight is 307 g/mol. The number of hydrogen-bond donors (Lipinski definition) is 1. The predicted molar refractivity (Wildman–Crippen MR) is 83.1 cm³/mol. The molecule has 20 heavy (non-hydrogen) atoms. The summed E-state index contributed by atoms with van der Waals surface area (Å²) in [5.74, 6) is 0.621. The second-order valence-electron chi connectivity index (χ2n) is 4.99. The largest absolute Gasteiger partial charge is 0.337 e. The van der Waals surface area contributed by atoms with Crippen molar-refractivity contribution >= 4 is 28.6 Å². The highest BCUT2D eigenvalue weighted by atomic mass is 32.1. The van der Waals surface area contributed by atoms with Crippen LogP contribution in [0.4, 0.5) is 0 Å². The Morgan fingerprint density at radius 3 is 2.85 bits per heavy atom. The smallest absolute Gasteiger partial charge is 0.273 e. The Labute approximate surface area is 126 Å². The summed E-state index contributed by atoms with van der Waals surface area (Å²) in [6.07, 6.45) is 2.01. The molecule has 6 heteroatoms. The molecule has 1 amide bonds. The molecule has 3 heterocycles. The van der Waals surface area contributed by atoms with Gasteiger partial charge in [-0.3, -0.25) is 4.79 Å². The Balaban J connectivity index is 1.69. The highest BCUT2D eigenvalue weighted by Gasteiger charge is 2.24. The summed E-state index contributed by atoms with van der Waals surface area (Å²) in [5.41, 5.74) is 6.25. The minimum atomic E-state index is 0.0551. The third-order valence-electron chi connectivity index (χ3n) is 3.69. The number of thiazole rings is 1. The van der Waals surface area contributed by atoms with Gasteiger partial charge >= 0.3 is 0 Å². The molecule has 1 aliphatic rings. The summed E-state index contributed by atoms with van der Waals surface area (Å²) >= 11 is 3.19. The van der Waals surface area contributed by atoms with Gasteiger partial charge < -0.3 is 10.6 Å². The van der Waals surface area contributed by atoms with Gasteiger partial charge in [-0.15, -0.1) is 22.7 Å². The van der Waals surface area contributed by atoms with Gasteiger partial charge in [0.1, 0.15) is 10.7 Å². The van der Waals surface area contributed by atoms with Crippen molar-refractivity contribution in [1.29, 1.82) is 0 Å². The van der Waals surface area contributed by atoms with Gasteiger partial charge in [-0.1, -0.05) is 6.07 Å². The lowest BCUT2D eigenvalue weighted by Crippen LogP contribution is -2.40. The van der Waals surface area contributed by atoms with Gasteiger partial charge in [-0.25, -0.2) is 4.98 Å². The second kappa shape index (κ2) is 6.03. The van der Waals surface area contributed by atoms with Crippen molar-refractivity contribution in [2.75, 3.05) is 19.6 Å². The van der Waals surface area contributed by atoms with Gasteiger partial charge in [0.15, 0.2) is 0 Å². The molecule has 0 spiro atoms. The number of carbonyl (C=O) groups excluding carboxylic acids is 1. The summed E-state index contributed by atoms with van der Waals surface area (Å²) in [7, 11) is 0. The van der Waals surface area contributed by atoms with E-state index in [1.54, 1.807) is 11.3 Å². The molecule has 4 nitrogen and oxygen atoms in total. The number of hydrogen-bond acceptors (Lipinski definition) is 5. The van der Waals surface area contributed by atoms with Crippen LogP contribution in [0.15, 0.2) is 22.9 Å². The lowest BCUT2D eigenvalue weighted by atomic mass is 9.97. The van der Waals surface area contributed by atoms with E-state index in [9.17, 15) is 4.79 Å². The van der Waals surface area contributed by atoms with E-state index >= 15 is 0 Å². The number of carbonyl (C=O) groups is 1. The first-order valence-corrected chi connectivity index (χ1v) is 8.52. The van der Waals surface area contributed by atoms with E-state index in [4.69, 9.17) is 5.73 Å². The molecule has 0 bridgehead atoms. The van der Waals surface area contributed by atoms with E-state index in [1.807, 2.05) is 27.8 Å². The fourth-order valence-corrected chi connectivity index (χ4v) is 4.03. The topological polar surface area (TPSA) is 59.2 Å². The zero-order valence-electron chi connectivity index (χ0n) is 11.1. The quantitative estimate of drug-likeness (QED) is 0.948. The Kier molecular flexibility index (Phi) is 4.14. The number of amides is 1. The first-order chi connectivity index (χ1) is 9.78. The van der Waals surface area contributed by atoms with Gasteiger partial charge in [-0.05, 0) is 36.8 Å². The Morgan fingerprint density at radius 2 is 2.20 bits per heavy atom. The number of nitrogens with zero attached hydrogens (tertiary/aromatic N) is 2. The van der Waals surface area contributed by atoms with E-state index in [0.29, 0.717) is 11.6 Å². The molecular weight excluding hydrogens is 290 g/mol. The zero-order valence-corrected chi connectivity index (χ0v) is 12.8. The maximum atomic E-state index is 12.4. The SMILES string of the molecule is NCC1CCN(C(=O)c2csc(-c3cccs3)n2)CC1. The molecular formula is C14H17N3OS2. The van der Waals surface area contributed by atoms with Crippen LogP contribution in [0.2, 0.25) is 0 Å². The zero-order chi connectivity index (χ0) is 13.9. The summed E-state index contributed by atoms with van der Waals surface area (Å²) in [5, 5.41) is 4.82.